The van der Waals surface area contributed by atoms with E-state index in [2.05, 4.69) is 61.9 Å². The highest BCUT2D eigenvalue weighted by Gasteiger charge is 2.39. The van der Waals surface area contributed by atoms with Gasteiger partial charge in [0.2, 0.25) is 6.17 Å². The molecule has 0 aromatic heterocycles. The zero-order valence-electron chi connectivity index (χ0n) is 20.0. The van der Waals surface area contributed by atoms with Crippen molar-refractivity contribution in [2.24, 2.45) is 0 Å². The predicted molar refractivity (Wildman–Crippen MR) is 113 cm³/mol. The standard InChI is InChI=1S/C17H29N3O.C6H8O7/c1-4-15(14-10-8-7-9-11-14)17-18-16(21-19-17)12-13-20(5-2)6-3;7-3(8)1-6(13,5(11)12)2-4(9)10/h7-11,15-19H,4-6,12-13H2,1-3H3;13H,1-2H2,(H,7,8)(H,9,10)(H,11,12). The molecule has 34 heavy (non-hydrogen) atoms. The van der Waals surface area contributed by atoms with E-state index < -0.39 is 36.4 Å². The summed E-state index contributed by atoms with van der Waals surface area (Å²) in [6, 6.07) is 10.8. The van der Waals surface area contributed by atoms with Crippen molar-refractivity contribution in [3.8, 4) is 0 Å². The molecule has 11 heteroatoms. The van der Waals surface area contributed by atoms with Crippen LogP contribution in [0.1, 0.15) is 57.9 Å². The maximum absolute atomic E-state index is 10.1. The molecule has 11 nitrogen and oxygen atoms in total. The quantitative estimate of drug-likeness (QED) is 0.213. The maximum Gasteiger partial charge on any atom is 0.251 e. The number of carbonyl (C=O) groups excluding carboxylic acids is 3. The van der Waals surface area contributed by atoms with Gasteiger partial charge in [-0.3, -0.25) is 5.32 Å². The van der Waals surface area contributed by atoms with Gasteiger partial charge in [0.25, 0.3) is 6.23 Å². The number of hydrogen-bond donors (Lipinski definition) is 4. The summed E-state index contributed by atoms with van der Waals surface area (Å²) in [6.07, 6.45) is 0.330. The topological polar surface area (TPSA) is 188 Å². The van der Waals surface area contributed by atoms with Crippen LogP contribution in [-0.4, -0.2) is 60.6 Å². The zero-order chi connectivity index (χ0) is 25.7. The van der Waals surface area contributed by atoms with Crippen molar-refractivity contribution < 1.29 is 55.3 Å². The first-order valence-corrected chi connectivity index (χ1v) is 11.6. The Bertz CT molecular complexity index is 757. The lowest BCUT2D eigenvalue weighted by Gasteiger charge is -2.29. The molecule has 0 amide bonds. The van der Waals surface area contributed by atoms with E-state index in [4.69, 9.17) is 9.94 Å². The van der Waals surface area contributed by atoms with Crippen molar-refractivity contribution in [3.63, 3.8) is 0 Å². The highest BCUT2D eigenvalue weighted by atomic mass is 16.7. The molecule has 3 atom stereocenters. The lowest BCUT2D eigenvalue weighted by molar-refractivity contribution is -0.936. The second-order valence-electron chi connectivity index (χ2n) is 8.42. The summed E-state index contributed by atoms with van der Waals surface area (Å²) in [5.41, 5.74) is 0.525. The average molecular weight is 484 g/mol. The van der Waals surface area contributed by atoms with Crippen LogP contribution in [-0.2, 0) is 19.2 Å². The first kappa shape index (κ1) is 29.5. The minimum Gasteiger partial charge on any atom is -0.550 e. The van der Waals surface area contributed by atoms with Crippen LogP contribution in [0.2, 0.25) is 0 Å². The van der Waals surface area contributed by atoms with Gasteiger partial charge in [-0.2, -0.15) is 0 Å². The number of nitrogens with one attached hydrogen (secondary N) is 1. The number of quaternary nitrogens is 3. The number of rotatable bonds is 13. The third-order valence-electron chi connectivity index (χ3n) is 6.02. The maximum atomic E-state index is 10.1. The smallest absolute Gasteiger partial charge is 0.251 e. The first-order valence-electron chi connectivity index (χ1n) is 11.6. The molecule has 1 heterocycles. The van der Waals surface area contributed by atoms with E-state index >= 15 is 0 Å². The monoisotopic (exact) mass is 483 g/mol. The van der Waals surface area contributed by atoms with Crippen molar-refractivity contribution in [1.29, 1.82) is 0 Å². The van der Waals surface area contributed by atoms with Gasteiger partial charge in [0, 0.05) is 24.8 Å². The fraction of sp³-hybridized carbons (Fsp3) is 0.609. The van der Waals surface area contributed by atoms with Crippen molar-refractivity contribution in [3.05, 3.63) is 35.9 Å². The minimum atomic E-state index is -2.97. The molecule has 0 spiro atoms. The Hall–Kier alpha value is -2.57. The summed E-state index contributed by atoms with van der Waals surface area (Å²) >= 11 is 0. The molecule has 0 bridgehead atoms. The Morgan fingerprint density at radius 2 is 1.62 bits per heavy atom. The van der Waals surface area contributed by atoms with Gasteiger partial charge in [-0.25, -0.2) is 0 Å². The number of carbonyl (C=O) groups is 3. The van der Waals surface area contributed by atoms with Crippen molar-refractivity contribution >= 4 is 17.9 Å². The molecule has 1 aliphatic rings. The molecule has 0 radical (unpaired) electrons. The van der Waals surface area contributed by atoms with E-state index in [1.54, 1.807) is 4.90 Å². The molecular formula is C23H37N3O8. The van der Waals surface area contributed by atoms with Crippen molar-refractivity contribution in [2.45, 2.75) is 70.4 Å². The van der Waals surface area contributed by atoms with Gasteiger partial charge in [0.05, 0.1) is 37.9 Å². The largest absolute Gasteiger partial charge is 0.550 e. The van der Waals surface area contributed by atoms with Gasteiger partial charge in [0.15, 0.2) is 0 Å². The van der Waals surface area contributed by atoms with Crippen LogP contribution in [0.15, 0.2) is 30.3 Å². The Balaban J connectivity index is 0.000000385. The highest BCUT2D eigenvalue weighted by molar-refractivity contribution is 5.86. The fourth-order valence-electron chi connectivity index (χ4n) is 3.99. The number of nitrogens with two attached hydrogens (primary N) is 2. The summed E-state index contributed by atoms with van der Waals surface area (Å²) in [4.78, 5) is 37.6. The van der Waals surface area contributed by atoms with Crippen molar-refractivity contribution in [1.82, 2.24) is 0 Å². The number of benzene rings is 1. The van der Waals surface area contributed by atoms with Crippen LogP contribution < -0.4 is 31.0 Å². The molecule has 1 aromatic rings. The molecular weight excluding hydrogens is 446 g/mol. The van der Waals surface area contributed by atoms with Crippen LogP contribution in [0.4, 0.5) is 0 Å². The van der Waals surface area contributed by atoms with E-state index in [0.717, 1.165) is 12.8 Å². The number of carboxylic acid groups (broad SMARTS) is 3. The third-order valence-corrected chi connectivity index (χ3v) is 6.02. The van der Waals surface area contributed by atoms with E-state index in [9.17, 15) is 29.7 Å². The van der Waals surface area contributed by atoms with Gasteiger partial charge in [0.1, 0.15) is 5.60 Å². The molecule has 1 aliphatic heterocycles. The lowest BCUT2D eigenvalue weighted by Crippen LogP contribution is -3.12. The number of aliphatic hydroxyl groups is 1. The third kappa shape index (κ3) is 9.74. The Kier molecular flexibility index (Phi) is 12.7. The van der Waals surface area contributed by atoms with Crippen LogP contribution in [0.25, 0.3) is 0 Å². The second kappa shape index (κ2) is 14.6. The van der Waals surface area contributed by atoms with E-state index in [-0.39, 0.29) is 0 Å². The van der Waals surface area contributed by atoms with Crippen LogP contribution in [0.5, 0.6) is 0 Å². The predicted octanol–water partition coefficient (Wildman–Crippen LogP) is -6.03. The lowest BCUT2D eigenvalue weighted by atomic mass is 9.93. The summed E-state index contributed by atoms with van der Waals surface area (Å²) < 4.78 is 0. The van der Waals surface area contributed by atoms with Gasteiger partial charge in [-0.05, 0) is 25.8 Å². The Labute approximate surface area is 199 Å². The molecule has 3 unspecified atom stereocenters. The number of hydroxylamine groups is 1. The van der Waals surface area contributed by atoms with E-state index in [0.29, 0.717) is 18.3 Å². The summed E-state index contributed by atoms with van der Waals surface area (Å²) in [7, 11) is 0. The van der Waals surface area contributed by atoms with Gasteiger partial charge < -0.3 is 39.7 Å². The number of carboxylic acids is 3. The summed E-state index contributed by atoms with van der Waals surface area (Å²) in [5.74, 6) is -5.43. The fourth-order valence-corrected chi connectivity index (χ4v) is 3.99. The molecule has 6 N–H and O–H groups in total. The molecule has 0 aliphatic carbocycles. The SMILES string of the molecule is CCC(c1ccccc1)C1[NH2+]OC(CC[NH+](CC)CC)[NH2+]1.O=C([O-])CC(O)(CC(=O)[O-])C(=O)[O-]. The normalized spacial score (nSPS) is 18.7. The molecule has 1 saturated heterocycles. The zero-order valence-corrected chi connectivity index (χ0v) is 20.0. The summed E-state index contributed by atoms with van der Waals surface area (Å²) in [5, 5.41) is 41.3. The Morgan fingerprint density at radius 1 is 1.06 bits per heavy atom. The van der Waals surface area contributed by atoms with Crippen LogP contribution >= 0.6 is 0 Å². The molecule has 1 fully saturated rings. The van der Waals surface area contributed by atoms with Gasteiger partial charge in [-0.1, -0.05) is 37.3 Å². The molecule has 0 saturated carbocycles. The second-order valence-corrected chi connectivity index (χ2v) is 8.42. The van der Waals surface area contributed by atoms with E-state index in [1.165, 1.54) is 25.2 Å². The van der Waals surface area contributed by atoms with Crippen LogP contribution in [0.3, 0.4) is 0 Å². The number of hydrogen-bond acceptors (Lipinski definition) is 8. The van der Waals surface area contributed by atoms with E-state index in [1.807, 2.05) is 0 Å². The molecule has 2 rings (SSSR count). The minimum absolute atomic E-state index is 0.306. The highest BCUT2D eigenvalue weighted by Crippen LogP contribution is 2.19. The van der Waals surface area contributed by atoms with Crippen molar-refractivity contribution in [2.75, 3.05) is 19.6 Å². The Morgan fingerprint density at radius 3 is 2.06 bits per heavy atom. The van der Waals surface area contributed by atoms with Gasteiger partial charge in [-0.15, -0.1) is 10.3 Å². The molecule has 1 aromatic carbocycles. The number of aliphatic carboxylic acids is 3. The molecule has 192 valence electrons. The van der Waals surface area contributed by atoms with Gasteiger partial charge >= 0.3 is 0 Å². The average Bonchev–Trinajstić information content (AvgIpc) is 3.23. The first-order chi connectivity index (χ1) is 16.1. The van der Waals surface area contributed by atoms with Crippen LogP contribution in [0, 0.1) is 0 Å². The summed E-state index contributed by atoms with van der Waals surface area (Å²) in [6.45, 7) is 10.4.